The molecular weight excluding hydrogens is 379 g/mol. The highest BCUT2D eigenvalue weighted by molar-refractivity contribution is 7.13. The Labute approximate surface area is 168 Å². The van der Waals surface area contributed by atoms with Crippen LogP contribution in [0.15, 0.2) is 24.3 Å². The van der Waals surface area contributed by atoms with Gasteiger partial charge in [0.2, 0.25) is 5.91 Å². The van der Waals surface area contributed by atoms with E-state index >= 15 is 0 Å². The summed E-state index contributed by atoms with van der Waals surface area (Å²) in [4.78, 5) is 35.5. The van der Waals surface area contributed by atoms with Gasteiger partial charge in [0.15, 0.2) is 0 Å². The first-order chi connectivity index (χ1) is 13.3. The van der Waals surface area contributed by atoms with Crippen LogP contribution in [0.5, 0.6) is 0 Å². The number of carbonyl (C=O) groups is 2. The number of piperazine rings is 1. The summed E-state index contributed by atoms with van der Waals surface area (Å²) in [7, 11) is 3.48. The van der Waals surface area contributed by atoms with E-state index in [4.69, 9.17) is 0 Å². The van der Waals surface area contributed by atoms with Crippen molar-refractivity contribution in [3.63, 3.8) is 0 Å². The van der Waals surface area contributed by atoms with Crippen molar-refractivity contribution in [2.45, 2.75) is 19.9 Å². The molecule has 0 aliphatic carbocycles. The average Bonchev–Trinajstić information content (AvgIpc) is 3.03. The van der Waals surface area contributed by atoms with Gasteiger partial charge >= 0.3 is 0 Å². The van der Waals surface area contributed by atoms with E-state index < -0.39 is 0 Å². The minimum absolute atomic E-state index is 0.0162. The summed E-state index contributed by atoms with van der Waals surface area (Å²) in [5.74, 6) is -0.245. The van der Waals surface area contributed by atoms with Crippen LogP contribution in [0.1, 0.15) is 25.9 Å². The maximum Gasteiger partial charge on any atom is 0.265 e. The largest absolute Gasteiger partial charge is 0.344 e. The Kier molecular flexibility index (Phi) is 6.41. The second kappa shape index (κ2) is 8.79. The minimum atomic E-state index is -0.294. The number of carbonyl (C=O) groups excluding carboxylic acids is 2. The van der Waals surface area contributed by atoms with E-state index in [9.17, 15) is 14.0 Å². The normalized spacial score (nSPS) is 14.9. The van der Waals surface area contributed by atoms with Crippen molar-refractivity contribution in [1.82, 2.24) is 19.7 Å². The molecular formula is C20H25FN4O2S. The third kappa shape index (κ3) is 4.94. The second-order valence-electron chi connectivity index (χ2n) is 7.18. The number of aromatic nitrogens is 1. The van der Waals surface area contributed by atoms with Crippen molar-refractivity contribution in [2.24, 2.45) is 0 Å². The van der Waals surface area contributed by atoms with E-state index in [0.717, 1.165) is 29.4 Å². The molecule has 1 aromatic heterocycles. The van der Waals surface area contributed by atoms with Crippen molar-refractivity contribution in [2.75, 3.05) is 40.3 Å². The predicted octanol–water partition coefficient (Wildman–Crippen LogP) is 2.18. The fourth-order valence-corrected chi connectivity index (χ4v) is 4.29. The molecule has 6 nitrogen and oxygen atoms in total. The van der Waals surface area contributed by atoms with E-state index in [1.165, 1.54) is 23.5 Å². The van der Waals surface area contributed by atoms with Crippen molar-refractivity contribution < 1.29 is 14.0 Å². The molecule has 1 saturated heterocycles. The number of hydrogen-bond acceptors (Lipinski definition) is 5. The lowest BCUT2D eigenvalue weighted by molar-refractivity contribution is -0.132. The fraction of sp³-hybridized carbons (Fsp3) is 0.450. The molecule has 2 heterocycles. The monoisotopic (exact) mass is 404 g/mol. The van der Waals surface area contributed by atoms with E-state index in [1.807, 2.05) is 11.8 Å². The highest BCUT2D eigenvalue weighted by atomic mass is 32.1. The molecule has 8 heteroatoms. The lowest BCUT2D eigenvalue weighted by atomic mass is 10.1. The van der Waals surface area contributed by atoms with Crippen LogP contribution < -0.4 is 0 Å². The summed E-state index contributed by atoms with van der Waals surface area (Å²) >= 11 is 1.44. The minimum Gasteiger partial charge on any atom is -0.344 e. The van der Waals surface area contributed by atoms with Gasteiger partial charge in [-0.3, -0.25) is 14.5 Å². The van der Waals surface area contributed by atoms with Crippen molar-refractivity contribution in [3.05, 3.63) is 51.2 Å². The quantitative estimate of drug-likeness (QED) is 0.767. The Morgan fingerprint density at radius 1 is 1.14 bits per heavy atom. The molecule has 0 radical (unpaired) electrons. The van der Waals surface area contributed by atoms with Crippen LogP contribution in [-0.2, 0) is 17.8 Å². The lowest BCUT2D eigenvalue weighted by Crippen LogP contribution is -2.48. The third-order valence-electron chi connectivity index (χ3n) is 4.79. The van der Waals surface area contributed by atoms with E-state index in [-0.39, 0.29) is 17.6 Å². The van der Waals surface area contributed by atoms with Crippen LogP contribution >= 0.6 is 11.3 Å². The first-order valence-electron chi connectivity index (χ1n) is 9.26. The molecule has 0 unspecified atom stereocenters. The molecule has 1 aromatic carbocycles. The summed E-state index contributed by atoms with van der Waals surface area (Å²) in [6.45, 7) is 5.41. The van der Waals surface area contributed by atoms with Gasteiger partial charge in [0.25, 0.3) is 5.91 Å². The molecule has 1 fully saturated rings. The Morgan fingerprint density at radius 2 is 1.79 bits per heavy atom. The first-order valence-corrected chi connectivity index (χ1v) is 10.1. The Bertz CT molecular complexity index is 842. The van der Waals surface area contributed by atoms with Crippen LogP contribution in [0, 0.1) is 12.7 Å². The third-order valence-corrected chi connectivity index (χ3v) is 5.92. The molecule has 0 spiro atoms. The molecule has 0 saturated carbocycles. The van der Waals surface area contributed by atoms with Crippen molar-refractivity contribution in [3.8, 4) is 0 Å². The Balaban J connectivity index is 1.51. The van der Waals surface area contributed by atoms with E-state index in [2.05, 4.69) is 9.88 Å². The van der Waals surface area contributed by atoms with E-state index in [1.54, 1.807) is 31.1 Å². The summed E-state index contributed by atoms with van der Waals surface area (Å²) in [6.07, 6.45) is 0.294. The number of thiazole rings is 1. The standard InChI is InChI=1S/C20H25FN4O2S/c1-14-19(20(27)23(2)3)28-17(22-14)13-24-8-10-25(11-9-24)18(26)12-15-4-6-16(21)7-5-15/h4-7H,8-13H2,1-3H3. The number of aryl methyl sites for hydroxylation is 1. The maximum atomic E-state index is 13.0. The first kappa shape index (κ1) is 20.4. The smallest absolute Gasteiger partial charge is 0.265 e. The van der Waals surface area contributed by atoms with Gasteiger partial charge in [-0.1, -0.05) is 12.1 Å². The molecule has 2 aromatic rings. The van der Waals surface area contributed by atoms with Gasteiger partial charge in [-0.15, -0.1) is 11.3 Å². The molecule has 28 heavy (non-hydrogen) atoms. The number of rotatable bonds is 5. The van der Waals surface area contributed by atoms with Gasteiger partial charge in [-0.05, 0) is 24.6 Å². The topological polar surface area (TPSA) is 56.8 Å². The molecule has 0 bridgehead atoms. The SMILES string of the molecule is Cc1nc(CN2CCN(C(=O)Cc3ccc(F)cc3)CC2)sc1C(=O)N(C)C. The number of halogens is 1. The number of hydrogen-bond donors (Lipinski definition) is 0. The van der Waals surface area contributed by atoms with Gasteiger partial charge in [-0.25, -0.2) is 9.37 Å². The van der Waals surface area contributed by atoms with Gasteiger partial charge in [0.1, 0.15) is 15.7 Å². The summed E-state index contributed by atoms with van der Waals surface area (Å²) in [5, 5.41) is 0.925. The zero-order valence-electron chi connectivity index (χ0n) is 16.4. The van der Waals surface area contributed by atoms with Crippen LogP contribution in [0.4, 0.5) is 4.39 Å². The van der Waals surface area contributed by atoms with Gasteiger partial charge in [-0.2, -0.15) is 0 Å². The average molecular weight is 405 g/mol. The van der Waals surface area contributed by atoms with Crippen LogP contribution in [0.25, 0.3) is 0 Å². The molecule has 1 aliphatic heterocycles. The number of nitrogens with zero attached hydrogens (tertiary/aromatic N) is 4. The highest BCUT2D eigenvalue weighted by Gasteiger charge is 2.23. The van der Waals surface area contributed by atoms with Crippen molar-refractivity contribution >= 4 is 23.2 Å². The number of amides is 2. The van der Waals surface area contributed by atoms with E-state index in [0.29, 0.717) is 30.9 Å². The van der Waals surface area contributed by atoms with Gasteiger partial charge in [0, 0.05) is 40.3 Å². The van der Waals surface area contributed by atoms with Crippen LogP contribution in [0.3, 0.4) is 0 Å². The van der Waals surface area contributed by atoms with Gasteiger partial charge in [0.05, 0.1) is 18.7 Å². The fourth-order valence-electron chi connectivity index (χ4n) is 3.16. The van der Waals surface area contributed by atoms with Crippen molar-refractivity contribution in [1.29, 1.82) is 0 Å². The number of benzene rings is 1. The maximum absolute atomic E-state index is 13.0. The zero-order valence-corrected chi connectivity index (χ0v) is 17.3. The Morgan fingerprint density at radius 3 is 2.39 bits per heavy atom. The highest BCUT2D eigenvalue weighted by Crippen LogP contribution is 2.21. The summed E-state index contributed by atoms with van der Waals surface area (Å²) in [6, 6.07) is 6.07. The molecule has 150 valence electrons. The summed E-state index contributed by atoms with van der Waals surface area (Å²) < 4.78 is 13.0. The second-order valence-corrected chi connectivity index (χ2v) is 8.27. The molecule has 2 amide bonds. The molecule has 0 N–H and O–H groups in total. The van der Waals surface area contributed by atoms with Crippen LogP contribution in [0.2, 0.25) is 0 Å². The summed E-state index contributed by atoms with van der Waals surface area (Å²) in [5.41, 5.74) is 1.59. The molecule has 0 atom stereocenters. The Hall–Kier alpha value is -2.32. The zero-order chi connectivity index (χ0) is 20.3. The predicted molar refractivity (Wildman–Crippen MR) is 107 cm³/mol. The molecule has 3 rings (SSSR count). The lowest BCUT2D eigenvalue weighted by Gasteiger charge is -2.34. The molecule has 1 aliphatic rings. The van der Waals surface area contributed by atoms with Gasteiger partial charge < -0.3 is 9.80 Å². The van der Waals surface area contributed by atoms with Crippen LogP contribution in [-0.4, -0.2) is 71.8 Å².